The first-order valence-corrected chi connectivity index (χ1v) is 10.9. The summed E-state index contributed by atoms with van der Waals surface area (Å²) in [6.07, 6.45) is 1.60. The predicted octanol–water partition coefficient (Wildman–Crippen LogP) is 5.38. The molecule has 1 aromatic heterocycles. The highest BCUT2D eigenvalue weighted by Gasteiger charge is 2.48. The number of aliphatic hydroxyl groups is 1. The number of anilines is 1. The average Bonchev–Trinajstić information content (AvgIpc) is 3.34. The van der Waals surface area contributed by atoms with Gasteiger partial charge in [0.15, 0.2) is 5.13 Å². The van der Waals surface area contributed by atoms with Gasteiger partial charge in [0, 0.05) is 17.1 Å². The van der Waals surface area contributed by atoms with Crippen molar-refractivity contribution in [2.75, 3.05) is 4.90 Å². The largest absolute Gasteiger partial charge is 0.507 e. The summed E-state index contributed by atoms with van der Waals surface area (Å²) in [6.45, 7) is 8.32. The minimum atomic E-state index is -0.749. The fourth-order valence-electron chi connectivity index (χ4n) is 3.71. The number of benzene rings is 2. The molecule has 6 heteroatoms. The van der Waals surface area contributed by atoms with Gasteiger partial charge in [0.1, 0.15) is 5.76 Å². The topological polar surface area (TPSA) is 70.5 Å². The SMILES string of the molecule is Cc1ccc(C(O)=C2C(=O)C(=O)N(c3nccs3)[C@H]2c2ccc(C(C)(C)C)cc2)cc1. The molecule has 0 bridgehead atoms. The lowest BCUT2D eigenvalue weighted by molar-refractivity contribution is -0.132. The number of amides is 1. The Morgan fingerprint density at radius 3 is 2.23 bits per heavy atom. The van der Waals surface area contributed by atoms with E-state index in [0.29, 0.717) is 10.7 Å². The summed E-state index contributed by atoms with van der Waals surface area (Å²) >= 11 is 1.28. The molecule has 1 N–H and O–H groups in total. The molecule has 2 heterocycles. The lowest BCUT2D eigenvalue weighted by Crippen LogP contribution is -2.29. The van der Waals surface area contributed by atoms with E-state index in [0.717, 1.165) is 16.7 Å². The average molecular weight is 433 g/mol. The van der Waals surface area contributed by atoms with E-state index < -0.39 is 17.7 Å². The quantitative estimate of drug-likeness (QED) is 0.343. The van der Waals surface area contributed by atoms with Gasteiger partial charge in [-0.3, -0.25) is 14.5 Å². The zero-order valence-electron chi connectivity index (χ0n) is 17.9. The highest BCUT2D eigenvalue weighted by atomic mass is 32.1. The van der Waals surface area contributed by atoms with E-state index in [1.54, 1.807) is 23.7 Å². The minimum absolute atomic E-state index is 0.0302. The number of rotatable bonds is 3. The summed E-state index contributed by atoms with van der Waals surface area (Å²) in [5.74, 6) is -1.58. The molecule has 5 nitrogen and oxygen atoms in total. The number of thiazole rings is 1. The van der Waals surface area contributed by atoms with Crippen molar-refractivity contribution < 1.29 is 14.7 Å². The fourth-order valence-corrected chi connectivity index (χ4v) is 4.38. The van der Waals surface area contributed by atoms with Crippen LogP contribution in [0.5, 0.6) is 0 Å². The van der Waals surface area contributed by atoms with Crippen molar-refractivity contribution in [3.63, 3.8) is 0 Å². The third kappa shape index (κ3) is 3.79. The summed E-state index contributed by atoms with van der Waals surface area (Å²) in [5.41, 5.74) is 3.47. The van der Waals surface area contributed by atoms with E-state index in [2.05, 4.69) is 25.8 Å². The van der Waals surface area contributed by atoms with Crippen LogP contribution >= 0.6 is 11.3 Å². The summed E-state index contributed by atoms with van der Waals surface area (Å²) in [7, 11) is 0. The highest BCUT2D eigenvalue weighted by molar-refractivity contribution is 7.14. The van der Waals surface area contributed by atoms with Gasteiger partial charge in [0.05, 0.1) is 11.6 Å². The van der Waals surface area contributed by atoms with Crippen LogP contribution < -0.4 is 4.90 Å². The summed E-state index contributed by atoms with van der Waals surface area (Å²) in [6, 6.07) is 14.3. The number of carbonyl (C=O) groups is 2. The molecule has 158 valence electrons. The van der Waals surface area contributed by atoms with Crippen LogP contribution in [0.3, 0.4) is 0 Å². The zero-order valence-corrected chi connectivity index (χ0v) is 18.7. The summed E-state index contributed by atoms with van der Waals surface area (Å²) in [5, 5.41) is 13.3. The number of carbonyl (C=O) groups excluding carboxylic acids is 2. The fraction of sp³-hybridized carbons (Fsp3) is 0.240. The van der Waals surface area contributed by atoms with Crippen LogP contribution in [-0.4, -0.2) is 21.8 Å². The van der Waals surface area contributed by atoms with Crippen molar-refractivity contribution >= 4 is 33.9 Å². The first-order valence-electron chi connectivity index (χ1n) is 10.1. The molecule has 3 aromatic rings. The van der Waals surface area contributed by atoms with Gasteiger partial charge in [0.25, 0.3) is 5.78 Å². The van der Waals surface area contributed by atoms with Crippen LogP contribution in [-0.2, 0) is 15.0 Å². The summed E-state index contributed by atoms with van der Waals surface area (Å²) < 4.78 is 0. The minimum Gasteiger partial charge on any atom is -0.507 e. The third-order valence-corrected chi connectivity index (χ3v) is 6.26. The standard InChI is InChI=1S/C25H24N2O3S/c1-15-5-7-17(8-6-15)21(28)19-20(16-9-11-18(12-10-16)25(2,3)4)27(23(30)22(19)29)24-26-13-14-31-24/h5-14,20,28H,1-4H3/t20-/m0/s1. The Kier molecular flexibility index (Phi) is 5.27. The van der Waals surface area contributed by atoms with Crippen molar-refractivity contribution in [1.82, 2.24) is 4.98 Å². The highest BCUT2D eigenvalue weighted by Crippen LogP contribution is 2.43. The maximum atomic E-state index is 13.1. The molecular weight excluding hydrogens is 408 g/mol. The number of ketones is 1. The Balaban J connectivity index is 1.90. The predicted molar refractivity (Wildman–Crippen MR) is 123 cm³/mol. The van der Waals surface area contributed by atoms with Crippen LogP contribution in [0.4, 0.5) is 5.13 Å². The van der Waals surface area contributed by atoms with E-state index in [-0.39, 0.29) is 16.7 Å². The Bertz CT molecular complexity index is 1150. The van der Waals surface area contributed by atoms with Crippen molar-refractivity contribution in [1.29, 1.82) is 0 Å². The lowest BCUT2D eigenvalue weighted by atomic mass is 9.85. The molecule has 0 spiro atoms. The molecule has 1 aliphatic rings. The molecule has 1 fully saturated rings. The van der Waals surface area contributed by atoms with E-state index in [1.165, 1.54) is 16.2 Å². The maximum absolute atomic E-state index is 13.1. The number of aryl methyl sites for hydroxylation is 1. The van der Waals surface area contributed by atoms with E-state index >= 15 is 0 Å². The van der Waals surface area contributed by atoms with Gasteiger partial charge in [-0.2, -0.15) is 0 Å². The molecule has 0 saturated carbocycles. The van der Waals surface area contributed by atoms with Crippen LogP contribution in [0, 0.1) is 6.92 Å². The van der Waals surface area contributed by atoms with Crippen LogP contribution in [0.15, 0.2) is 65.7 Å². The number of nitrogens with zero attached hydrogens (tertiary/aromatic N) is 2. The lowest BCUT2D eigenvalue weighted by Gasteiger charge is -2.24. The van der Waals surface area contributed by atoms with Gasteiger partial charge in [-0.05, 0) is 23.5 Å². The van der Waals surface area contributed by atoms with Crippen LogP contribution in [0.1, 0.15) is 49.1 Å². The van der Waals surface area contributed by atoms with Gasteiger partial charge < -0.3 is 5.11 Å². The number of aromatic nitrogens is 1. The first-order chi connectivity index (χ1) is 14.7. The molecular formula is C25H24N2O3S. The number of hydrogen-bond donors (Lipinski definition) is 1. The molecule has 1 atom stereocenters. The van der Waals surface area contributed by atoms with Gasteiger partial charge in [-0.1, -0.05) is 74.9 Å². The normalized spacial score (nSPS) is 18.6. The van der Waals surface area contributed by atoms with Crippen molar-refractivity contribution in [2.45, 2.75) is 39.2 Å². The molecule has 0 radical (unpaired) electrons. The van der Waals surface area contributed by atoms with Gasteiger partial charge in [-0.15, -0.1) is 11.3 Å². The zero-order chi connectivity index (χ0) is 22.3. The number of hydrogen-bond acceptors (Lipinski definition) is 5. The first kappa shape index (κ1) is 21.0. The molecule has 4 rings (SSSR count). The molecule has 1 saturated heterocycles. The van der Waals surface area contributed by atoms with Gasteiger partial charge in [-0.25, -0.2) is 4.98 Å². The van der Waals surface area contributed by atoms with Crippen molar-refractivity contribution in [2.24, 2.45) is 0 Å². The Morgan fingerprint density at radius 1 is 1.03 bits per heavy atom. The second-order valence-corrected chi connectivity index (χ2v) is 9.59. The molecule has 0 unspecified atom stereocenters. The van der Waals surface area contributed by atoms with Crippen molar-refractivity contribution in [3.05, 3.63) is 87.9 Å². The van der Waals surface area contributed by atoms with Crippen LogP contribution in [0.2, 0.25) is 0 Å². The van der Waals surface area contributed by atoms with Crippen molar-refractivity contribution in [3.8, 4) is 0 Å². The van der Waals surface area contributed by atoms with Gasteiger partial charge >= 0.3 is 5.91 Å². The monoisotopic (exact) mass is 432 g/mol. The third-order valence-electron chi connectivity index (χ3n) is 5.49. The Morgan fingerprint density at radius 2 is 1.68 bits per heavy atom. The van der Waals surface area contributed by atoms with E-state index in [9.17, 15) is 14.7 Å². The molecule has 2 aromatic carbocycles. The van der Waals surface area contributed by atoms with E-state index in [1.807, 2.05) is 43.3 Å². The molecule has 1 aliphatic heterocycles. The Labute approximate surface area is 185 Å². The Hall–Kier alpha value is -3.25. The second kappa shape index (κ2) is 7.78. The number of Topliss-reactive ketones (excluding diaryl/α,β-unsaturated/α-hetero) is 1. The molecule has 0 aliphatic carbocycles. The summed E-state index contributed by atoms with van der Waals surface area (Å²) in [4.78, 5) is 31.7. The smallest absolute Gasteiger partial charge is 0.301 e. The van der Waals surface area contributed by atoms with Gasteiger partial charge in [0.2, 0.25) is 0 Å². The van der Waals surface area contributed by atoms with Crippen LogP contribution in [0.25, 0.3) is 5.76 Å². The molecule has 1 amide bonds. The van der Waals surface area contributed by atoms with E-state index in [4.69, 9.17) is 0 Å². The maximum Gasteiger partial charge on any atom is 0.301 e. The number of aliphatic hydroxyl groups excluding tert-OH is 1. The molecule has 31 heavy (non-hydrogen) atoms. The second-order valence-electron chi connectivity index (χ2n) is 8.72.